The smallest absolute Gasteiger partial charge is 0.305 e. The number of hydrogen-bond donors (Lipinski definition) is 3. The number of unbranched alkanes of at least 4 members (excludes halogenated alkanes) is 46. The predicted molar refractivity (Wildman–Crippen MR) is 319 cm³/mol. The first-order chi connectivity index (χ1) is 36.0. The number of rotatable bonds is 61. The van der Waals surface area contributed by atoms with Crippen LogP contribution in [-0.4, -0.2) is 47.4 Å². The van der Waals surface area contributed by atoms with Gasteiger partial charge in [-0.25, -0.2) is 0 Å². The molecule has 0 fully saturated rings. The van der Waals surface area contributed by atoms with E-state index in [0.29, 0.717) is 19.4 Å². The maximum absolute atomic E-state index is 12.5. The minimum atomic E-state index is -0.842. The Morgan fingerprint density at radius 2 is 0.712 bits per heavy atom. The van der Waals surface area contributed by atoms with Crippen LogP contribution in [0, 0.1) is 0 Å². The van der Waals surface area contributed by atoms with Crippen LogP contribution in [0.3, 0.4) is 0 Å². The summed E-state index contributed by atoms with van der Waals surface area (Å²) >= 11 is 0. The van der Waals surface area contributed by atoms with Gasteiger partial charge < -0.3 is 20.3 Å². The van der Waals surface area contributed by atoms with E-state index in [2.05, 4.69) is 43.5 Å². The normalized spacial score (nSPS) is 12.8. The first-order valence-corrected chi connectivity index (χ1v) is 32.8. The highest BCUT2D eigenvalue weighted by atomic mass is 16.5. The number of hydrogen-bond acceptors (Lipinski definition) is 5. The third-order valence-electron chi connectivity index (χ3n) is 15.1. The van der Waals surface area contributed by atoms with Gasteiger partial charge in [0.2, 0.25) is 5.91 Å². The van der Waals surface area contributed by atoms with Crippen LogP contribution in [-0.2, 0) is 14.3 Å². The average Bonchev–Trinajstić information content (AvgIpc) is 3.39. The Balaban J connectivity index is 3.36. The lowest BCUT2D eigenvalue weighted by molar-refractivity contribution is -0.143. The molecule has 0 aliphatic heterocycles. The maximum atomic E-state index is 12.5. The van der Waals surface area contributed by atoms with Gasteiger partial charge >= 0.3 is 5.97 Å². The van der Waals surface area contributed by atoms with Crippen LogP contribution in [0.2, 0.25) is 0 Å². The molecule has 1 amide bonds. The molecule has 0 rings (SSSR count). The molecule has 6 nitrogen and oxygen atoms in total. The molecule has 0 heterocycles. The second-order valence-electron chi connectivity index (χ2n) is 22.5. The summed E-state index contributed by atoms with van der Waals surface area (Å²) in [6, 6.07) is -0.625. The summed E-state index contributed by atoms with van der Waals surface area (Å²) in [4.78, 5) is 24.5. The molecular formula is C67H127NO5. The Labute approximate surface area is 455 Å². The topological polar surface area (TPSA) is 95.9 Å². The molecule has 2 unspecified atom stereocenters. The number of ether oxygens (including phenoxy) is 1. The molecule has 0 bridgehead atoms. The molecule has 0 aliphatic carbocycles. The maximum Gasteiger partial charge on any atom is 0.305 e. The minimum absolute atomic E-state index is 0.00308. The Bertz CT molecular complexity index is 1180. The van der Waals surface area contributed by atoms with Crippen LogP contribution < -0.4 is 5.32 Å². The van der Waals surface area contributed by atoms with Gasteiger partial charge in [-0.05, 0) is 57.8 Å². The van der Waals surface area contributed by atoms with E-state index >= 15 is 0 Å². The fraction of sp³-hybridized carbons (Fsp3) is 0.881. The van der Waals surface area contributed by atoms with Gasteiger partial charge in [0.1, 0.15) is 0 Å². The van der Waals surface area contributed by atoms with E-state index < -0.39 is 12.1 Å². The summed E-state index contributed by atoms with van der Waals surface area (Å²) in [5.74, 6) is -0.0602. The molecule has 0 aliphatic rings. The molecule has 6 heteroatoms. The van der Waals surface area contributed by atoms with Crippen molar-refractivity contribution in [1.29, 1.82) is 0 Å². The van der Waals surface area contributed by atoms with Crippen LogP contribution in [0.25, 0.3) is 0 Å². The van der Waals surface area contributed by atoms with Crippen LogP contribution in [0.4, 0.5) is 0 Å². The fourth-order valence-corrected chi connectivity index (χ4v) is 10.1. The minimum Gasteiger partial charge on any atom is -0.466 e. The van der Waals surface area contributed by atoms with Gasteiger partial charge in [0.15, 0.2) is 0 Å². The lowest BCUT2D eigenvalue weighted by Gasteiger charge is -2.20. The molecule has 0 radical (unpaired) electrons. The third kappa shape index (κ3) is 59.2. The molecule has 0 spiro atoms. The quantitative estimate of drug-likeness (QED) is 0.0320. The van der Waals surface area contributed by atoms with E-state index in [-0.39, 0.29) is 18.5 Å². The zero-order valence-corrected chi connectivity index (χ0v) is 49.1. The molecule has 0 aromatic carbocycles. The number of aliphatic hydroxyl groups excluding tert-OH is 2. The second kappa shape index (κ2) is 62.6. The number of amides is 1. The standard InChI is InChI=1S/C67H127NO5/c1-3-5-7-9-11-13-15-17-32-36-39-43-47-51-55-59-65(70)64(63-69)68-66(71)60-56-52-48-44-40-37-33-30-28-26-24-22-20-18-19-21-23-25-27-29-31-34-38-42-46-50-54-58-62-73-67(72)61-57-53-49-45-41-35-16-14-12-10-8-6-4-2/h8,10,14,16,55,59,64-65,69-70H,3-7,9,11-13,15,17-54,56-58,60-63H2,1-2H3,(H,68,71)/b10-8-,16-14-,59-55+. The highest BCUT2D eigenvalue weighted by Crippen LogP contribution is 2.18. The molecule has 0 saturated heterocycles. The highest BCUT2D eigenvalue weighted by Gasteiger charge is 2.18. The van der Waals surface area contributed by atoms with Gasteiger partial charge in [-0.3, -0.25) is 9.59 Å². The molecule has 430 valence electrons. The number of nitrogens with one attached hydrogen (secondary N) is 1. The molecular weight excluding hydrogens is 899 g/mol. The van der Waals surface area contributed by atoms with E-state index in [1.165, 1.54) is 276 Å². The number of carbonyl (C=O) groups is 2. The zero-order chi connectivity index (χ0) is 52.9. The lowest BCUT2D eigenvalue weighted by Crippen LogP contribution is -2.45. The van der Waals surface area contributed by atoms with E-state index in [0.717, 1.165) is 51.4 Å². The van der Waals surface area contributed by atoms with Gasteiger partial charge in [0, 0.05) is 12.8 Å². The Morgan fingerprint density at radius 3 is 1.10 bits per heavy atom. The SMILES string of the molecule is CCC/C=C\C/C=C\CCCCCCCC(=O)OCCCCCCCCCCCCCCCCCCCCCCCCCCCCCCC(=O)NC(CO)C(O)/C=C/CCCCCCCCCCCCCCC. The first kappa shape index (κ1) is 71.1. The molecule has 0 aromatic rings. The summed E-state index contributed by atoms with van der Waals surface area (Å²) in [7, 11) is 0. The molecule has 3 N–H and O–H groups in total. The van der Waals surface area contributed by atoms with Crippen LogP contribution in [0.1, 0.15) is 354 Å². The lowest BCUT2D eigenvalue weighted by atomic mass is 10.0. The summed E-state index contributed by atoms with van der Waals surface area (Å²) in [6.45, 7) is 4.85. The molecule has 2 atom stereocenters. The number of aliphatic hydroxyl groups is 2. The summed E-state index contributed by atoms with van der Waals surface area (Å²) in [6.07, 6.45) is 79.2. The number of allylic oxidation sites excluding steroid dienone is 5. The van der Waals surface area contributed by atoms with Crippen molar-refractivity contribution in [2.24, 2.45) is 0 Å². The van der Waals surface area contributed by atoms with E-state index in [9.17, 15) is 19.8 Å². The fourth-order valence-electron chi connectivity index (χ4n) is 10.1. The van der Waals surface area contributed by atoms with Gasteiger partial charge in [-0.1, -0.05) is 320 Å². The van der Waals surface area contributed by atoms with E-state index in [4.69, 9.17) is 4.74 Å². The summed E-state index contributed by atoms with van der Waals surface area (Å²) in [5.41, 5.74) is 0. The van der Waals surface area contributed by atoms with Crippen molar-refractivity contribution in [3.05, 3.63) is 36.5 Å². The Morgan fingerprint density at radius 1 is 0.384 bits per heavy atom. The van der Waals surface area contributed by atoms with Crippen LogP contribution in [0.15, 0.2) is 36.5 Å². The van der Waals surface area contributed by atoms with Crippen molar-refractivity contribution < 1.29 is 24.5 Å². The van der Waals surface area contributed by atoms with Gasteiger partial charge in [0.05, 0.1) is 25.4 Å². The third-order valence-corrected chi connectivity index (χ3v) is 15.1. The Hall–Kier alpha value is -1.92. The Kier molecular flexibility index (Phi) is 61.0. The van der Waals surface area contributed by atoms with Crippen molar-refractivity contribution in [2.45, 2.75) is 366 Å². The van der Waals surface area contributed by atoms with Crippen LogP contribution >= 0.6 is 0 Å². The predicted octanol–water partition coefficient (Wildman–Crippen LogP) is 20.8. The first-order valence-electron chi connectivity index (χ1n) is 32.8. The van der Waals surface area contributed by atoms with Crippen LogP contribution in [0.5, 0.6) is 0 Å². The second-order valence-corrected chi connectivity index (χ2v) is 22.5. The van der Waals surface area contributed by atoms with Crippen molar-refractivity contribution in [1.82, 2.24) is 5.32 Å². The largest absolute Gasteiger partial charge is 0.466 e. The molecule has 0 saturated carbocycles. The zero-order valence-electron chi connectivity index (χ0n) is 49.1. The molecule has 73 heavy (non-hydrogen) atoms. The highest BCUT2D eigenvalue weighted by molar-refractivity contribution is 5.76. The van der Waals surface area contributed by atoms with Crippen molar-refractivity contribution in [3.8, 4) is 0 Å². The summed E-state index contributed by atoms with van der Waals surface area (Å²) in [5, 5.41) is 23.1. The van der Waals surface area contributed by atoms with Gasteiger partial charge in [-0.15, -0.1) is 0 Å². The number of carbonyl (C=O) groups excluding carboxylic acids is 2. The monoisotopic (exact) mass is 1030 g/mol. The van der Waals surface area contributed by atoms with Crippen molar-refractivity contribution in [2.75, 3.05) is 13.2 Å². The average molecular weight is 1030 g/mol. The molecule has 0 aromatic heterocycles. The van der Waals surface area contributed by atoms with E-state index in [1.54, 1.807) is 6.08 Å². The number of esters is 1. The van der Waals surface area contributed by atoms with E-state index in [1.807, 2.05) is 6.08 Å². The van der Waals surface area contributed by atoms with Gasteiger partial charge in [-0.2, -0.15) is 0 Å². The van der Waals surface area contributed by atoms with Crippen molar-refractivity contribution in [3.63, 3.8) is 0 Å². The van der Waals surface area contributed by atoms with Crippen molar-refractivity contribution >= 4 is 11.9 Å². The summed E-state index contributed by atoms with van der Waals surface area (Å²) < 4.78 is 5.47. The van der Waals surface area contributed by atoms with Gasteiger partial charge in [0.25, 0.3) is 0 Å².